The molecule has 0 unspecified atom stereocenters. The third kappa shape index (κ3) is 10.2. The monoisotopic (exact) mass is 213 g/mol. The smallest absolute Gasteiger partial charge is 0.00106 e. The Morgan fingerprint density at radius 1 is 1.00 bits per heavy atom. The van der Waals surface area contributed by atoms with Crippen molar-refractivity contribution in [1.82, 2.24) is 5.32 Å². The molecule has 1 N–H and O–H groups in total. The molecule has 1 heteroatoms. The van der Waals surface area contributed by atoms with Crippen LogP contribution in [0.25, 0.3) is 0 Å². The fraction of sp³-hybridized carbons (Fsp3) is 1.00. The van der Waals surface area contributed by atoms with E-state index in [0.717, 1.165) is 6.54 Å². The van der Waals surface area contributed by atoms with Crippen molar-refractivity contribution in [1.29, 1.82) is 0 Å². The molecule has 0 aromatic carbocycles. The van der Waals surface area contributed by atoms with Crippen molar-refractivity contribution >= 4 is 0 Å². The van der Waals surface area contributed by atoms with Crippen LogP contribution in [-0.2, 0) is 0 Å². The van der Waals surface area contributed by atoms with E-state index in [1.54, 1.807) is 0 Å². The van der Waals surface area contributed by atoms with Crippen LogP contribution in [0.2, 0.25) is 0 Å². The zero-order valence-corrected chi connectivity index (χ0v) is 11.5. The molecule has 92 valence electrons. The van der Waals surface area contributed by atoms with Gasteiger partial charge in [-0.15, -0.1) is 0 Å². The largest absolute Gasteiger partial charge is 0.314 e. The van der Waals surface area contributed by atoms with Gasteiger partial charge in [-0.05, 0) is 11.8 Å². The number of hydrogen-bond donors (Lipinski definition) is 1. The van der Waals surface area contributed by atoms with Crippen LogP contribution in [0.3, 0.4) is 0 Å². The van der Waals surface area contributed by atoms with Crippen LogP contribution in [0.4, 0.5) is 0 Å². The van der Waals surface area contributed by atoms with E-state index >= 15 is 0 Å². The van der Waals surface area contributed by atoms with E-state index in [0.29, 0.717) is 11.5 Å². The standard InChI is InChI=1S/C14H31N/c1-6-7-8-9-10-11-14(4,5)12-15-13(2)3/h13,15H,6-12H2,1-5H3. The molecule has 0 saturated heterocycles. The fourth-order valence-corrected chi connectivity index (χ4v) is 1.78. The molecule has 0 atom stereocenters. The minimum atomic E-state index is 0.469. The fourth-order valence-electron chi connectivity index (χ4n) is 1.78. The highest BCUT2D eigenvalue weighted by Gasteiger charge is 2.16. The van der Waals surface area contributed by atoms with Crippen LogP contribution in [-0.4, -0.2) is 12.6 Å². The minimum Gasteiger partial charge on any atom is -0.314 e. The Labute approximate surface area is 97.0 Å². The summed E-state index contributed by atoms with van der Waals surface area (Å²) in [7, 11) is 0. The van der Waals surface area contributed by atoms with Gasteiger partial charge in [0, 0.05) is 12.6 Å². The normalized spacial score (nSPS) is 12.4. The second-order valence-corrected chi connectivity index (χ2v) is 5.86. The van der Waals surface area contributed by atoms with Crippen LogP contribution in [0.15, 0.2) is 0 Å². The van der Waals surface area contributed by atoms with E-state index in [2.05, 4.69) is 39.9 Å². The maximum atomic E-state index is 3.54. The van der Waals surface area contributed by atoms with E-state index in [4.69, 9.17) is 0 Å². The maximum absolute atomic E-state index is 3.54. The highest BCUT2D eigenvalue weighted by atomic mass is 14.9. The lowest BCUT2D eigenvalue weighted by molar-refractivity contribution is 0.292. The summed E-state index contributed by atoms with van der Waals surface area (Å²) in [6.07, 6.45) is 8.34. The highest BCUT2D eigenvalue weighted by molar-refractivity contribution is 4.72. The Bertz CT molecular complexity index is 138. The van der Waals surface area contributed by atoms with Crippen molar-refractivity contribution in [2.75, 3.05) is 6.54 Å². The maximum Gasteiger partial charge on any atom is 0.00106 e. The van der Waals surface area contributed by atoms with Gasteiger partial charge >= 0.3 is 0 Å². The summed E-state index contributed by atoms with van der Waals surface area (Å²) in [5.74, 6) is 0. The van der Waals surface area contributed by atoms with Crippen LogP contribution >= 0.6 is 0 Å². The van der Waals surface area contributed by atoms with Gasteiger partial charge < -0.3 is 5.32 Å². The Morgan fingerprint density at radius 3 is 2.13 bits per heavy atom. The molecule has 0 aromatic heterocycles. The third-order valence-electron chi connectivity index (χ3n) is 2.95. The van der Waals surface area contributed by atoms with Crippen molar-refractivity contribution in [3.8, 4) is 0 Å². The van der Waals surface area contributed by atoms with Crippen molar-refractivity contribution in [3.63, 3.8) is 0 Å². The van der Waals surface area contributed by atoms with Crippen molar-refractivity contribution in [2.45, 2.75) is 79.2 Å². The average molecular weight is 213 g/mol. The van der Waals surface area contributed by atoms with Crippen LogP contribution in [0.1, 0.15) is 73.1 Å². The van der Waals surface area contributed by atoms with E-state index in [1.807, 2.05) is 0 Å². The Hall–Kier alpha value is -0.0400. The molecule has 0 saturated carbocycles. The SMILES string of the molecule is CCCCCCCC(C)(C)CNC(C)C. The molecule has 0 aromatic rings. The molecule has 1 nitrogen and oxygen atoms in total. The molecular formula is C14H31N. The van der Waals surface area contributed by atoms with Gasteiger partial charge in [-0.3, -0.25) is 0 Å². The summed E-state index contributed by atoms with van der Waals surface area (Å²) in [5.41, 5.74) is 0.469. The first-order chi connectivity index (χ1) is 6.98. The summed E-state index contributed by atoms with van der Waals surface area (Å²) in [5, 5.41) is 3.54. The van der Waals surface area contributed by atoms with Crippen LogP contribution in [0, 0.1) is 5.41 Å². The van der Waals surface area contributed by atoms with Gasteiger partial charge in [0.25, 0.3) is 0 Å². The predicted molar refractivity (Wildman–Crippen MR) is 70.3 cm³/mol. The second-order valence-electron chi connectivity index (χ2n) is 5.86. The predicted octanol–water partition coefficient (Wildman–Crippen LogP) is 4.37. The topological polar surface area (TPSA) is 12.0 Å². The van der Waals surface area contributed by atoms with Crippen molar-refractivity contribution in [3.05, 3.63) is 0 Å². The summed E-state index contributed by atoms with van der Waals surface area (Å²) in [6, 6.07) is 0.615. The van der Waals surface area contributed by atoms with E-state index in [-0.39, 0.29) is 0 Å². The van der Waals surface area contributed by atoms with Gasteiger partial charge in [0.2, 0.25) is 0 Å². The van der Waals surface area contributed by atoms with Crippen LogP contribution in [0.5, 0.6) is 0 Å². The lowest BCUT2D eigenvalue weighted by Gasteiger charge is -2.26. The number of hydrogen-bond acceptors (Lipinski definition) is 1. The molecule has 0 bridgehead atoms. The molecule has 0 rings (SSSR count). The van der Waals surface area contributed by atoms with E-state index in [1.165, 1.54) is 38.5 Å². The first-order valence-corrected chi connectivity index (χ1v) is 6.71. The second kappa shape index (κ2) is 8.15. The molecule has 0 aliphatic heterocycles. The van der Waals surface area contributed by atoms with E-state index < -0.39 is 0 Å². The van der Waals surface area contributed by atoms with Gasteiger partial charge in [0.15, 0.2) is 0 Å². The van der Waals surface area contributed by atoms with Crippen molar-refractivity contribution in [2.24, 2.45) is 5.41 Å². The van der Waals surface area contributed by atoms with Gasteiger partial charge in [0.1, 0.15) is 0 Å². The molecule has 15 heavy (non-hydrogen) atoms. The van der Waals surface area contributed by atoms with Gasteiger partial charge in [-0.25, -0.2) is 0 Å². The number of rotatable bonds is 9. The molecule has 0 amide bonds. The van der Waals surface area contributed by atoms with Gasteiger partial charge in [0.05, 0.1) is 0 Å². The molecule has 0 radical (unpaired) electrons. The molecule has 0 fully saturated rings. The lowest BCUT2D eigenvalue weighted by Crippen LogP contribution is -2.33. The van der Waals surface area contributed by atoms with Crippen molar-refractivity contribution < 1.29 is 0 Å². The summed E-state index contributed by atoms with van der Waals surface area (Å²) < 4.78 is 0. The van der Waals surface area contributed by atoms with Crippen LogP contribution < -0.4 is 5.32 Å². The molecule has 0 aliphatic carbocycles. The van der Waals surface area contributed by atoms with Gasteiger partial charge in [-0.2, -0.15) is 0 Å². The molecule has 0 aliphatic rings. The molecule has 0 heterocycles. The molecule has 0 spiro atoms. The van der Waals surface area contributed by atoms with E-state index in [9.17, 15) is 0 Å². The zero-order valence-electron chi connectivity index (χ0n) is 11.5. The lowest BCUT2D eigenvalue weighted by atomic mass is 9.86. The quantitative estimate of drug-likeness (QED) is 0.561. The third-order valence-corrected chi connectivity index (χ3v) is 2.95. The Morgan fingerprint density at radius 2 is 1.60 bits per heavy atom. The van der Waals surface area contributed by atoms with Gasteiger partial charge in [-0.1, -0.05) is 66.7 Å². The number of unbranched alkanes of at least 4 members (excludes halogenated alkanes) is 4. The highest BCUT2D eigenvalue weighted by Crippen LogP contribution is 2.23. The molecular weight excluding hydrogens is 182 g/mol. The zero-order chi connectivity index (χ0) is 11.7. The summed E-state index contributed by atoms with van der Waals surface area (Å²) >= 11 is 0. The first-order valence-electron chi connectivity index (χ1n) is 6.71. The average Bonchev–Trinajstić information content (AvgIpc) is 2.15. The first kappa shape index (κ1) is 15.0. The Kier molecular flexibility index (Phi) is 8.13. The number of nitrogens with one attached hydrogen (secondary N) is 1. The minimum absolute atomic E-state index is 0.469. The Balaban J connectivity index is 3.46. The summed E-state index contributed by atoms with van der Waals surface area (Å²) in [6.45, 7) is 12.6. The summed E-state index contributed by atoms with van der Waals surface area (Å²) in [4.78, 5) is 0.